The number of nitrogens with one attached hydrogen (secondary N) is 1. The fourth-order valence-corrected chi connectivity index (χ4v) is 2.41. The van der Waals surface area contributed by atoms with Crippen molar-refractivity contribution in [3.05, 3.63) is 28.3 Å². The van der Waals surface area contributed by atoms with Crippen LogP contribution in [0.5, 0.6) is 6.01 Å². The molecule has 2 heterocycles. The Bertz CT molecular complexity index is 679. The molecule has 2 rings (SSSR count). The molecule has 5 nitrogen and oxygen atoms in total. The zero-order valence-electron chi connectivity index (χ0n) is 13.8. The first kappa shape index (κ1) is 16.5. The van der Waals surface area contributed by atoms with Gasteiger partial charge in [-0.25, -0.2) is 0 Å². The molecule has 0 spiro atoms. The number of unbranched alkanes of at least 4 members (excludes halogenated alkanes) is 1. The van der Waals surface area contributed by atoms with Crippen molar-refractivity contribution in [2.24, 2.45) is 5.92 Å². The Labute approximate surface area is 131 Å². The molecule has 120 valence electrons. The summed E-state index contributed by atoms with van der Waals surface area (Å²) < 4.78 is 5.78. The molecule has 0 bridgehead atoms. The van der Waals surface area contributed by atoms with Crippen LogP contribution < -0.4 is 10.3 Å². The van der Waals surface area contributed by atoms with Gasteiger partial charge in [0.25, 0.3) is 0 Å². The molecule has 1 N–H and O–H groups in total. The van der Waals surface area contributed by atoms with Gasteiger partial charge in [0.2, 0.25) is 5.56 Å². The lowest BCUT2D eigenvalue weighted by atomic mass is 10.1. The van der Waals surface area contributed by atoms with E-state index in [9.17, 15) is 4.79 Å². The topological polar surface area (TPSA) is 67.9 Å². The Hall–Kier alpha value is -1.91. The molecule has 5 heteroatoms. The number of pyridine rings is 1. The summed E-state index contributed by atoms with van der Waals surface area (Å²) in [6.45, 7) is 9.09. The van der Waals surface area contributed by atoms with Crippen molar-refractivity contribution >= 4 is 10.9 Å². The van der Waals surface area contributed by atoms with Gasteiger partial charge in [-0.05, 0) is 18.3 Å². The van der Waals surface area contributed by atoms with Gasteiger partial charge in [0.05, 0.1) is 17.8 Å². The molecule has 0 aliphatic heterocycles. The van der Waals surface area contributed by atoms with Gasteiger partial charge >= 0.3 is 6.01 Å². The van der Waals surface area contributed by atoms with Crippen LogP contribution in [-0.2, 0) is 0 Å². The molecule has 0 saturated carbocycles. The van der Waals surface area contributed by atoms with E-state index in [4.69, 9.17) is 4.74 Å². The van der Waals surface area contributed by atoms with Gasteiger partial charge in [-0.1, -0.05) is 40.5 Å². The standard InChI is InChI=1S/C17H25N3O2/c1-5-6-7-12(4)10-22-17-19-14-9-18-15(21)8-13(14)16(20-17)11(2)3/h8-9,11-12H,5-7,10H2,1-4H3,(H,18,21). The second-order valence-electron chi connectivity index (χ2n) is 6.20. The minimum absolute atomic E-state index is 0.139. The lowest BCUT2D eigenvalue weighted by Crippen LogP contribution is -2.12. The van der Waals surface area contributed by atoms with E-state index in [1.54, 1.807) is 12.3 Å². The highest BCUT2D eigenvalue weighted by molar-refractivity contribution is 5.80. The smallest absolute Gasteiger partial charge is 0.317 e. The van der Waals surface area contributed by atoms with E-state index in [2.05, 4.69) is 42.6 Å². The molecule has 0 amide bonds. The average Bonchev–Trinajstić information content (AvgIpc) is 2.50. The van der Waals surface area contributed by atoms with Crippen molar-refractivity contribution < 1.29 is 4.74 Å². The minimum Gasteiger partial charge on any atom is -0.463 e. The fourth-order valence-electron chi connectivity index (χ4n) is 2.41. The van der Waals surface area contributed by atoms with Crippen LogP contribution >= 0.6 is 0 Å². The molecule has 0 aliphatic rings. The summed E-state index contributed by atoms with van der Waals surface area (Å²) in [4.78, 5) is 23.1. The Morgan fingerprint density at radius 1 is 1.27 bits per heavy atom. The first-order chi connectivity index (χ1) is 10.5. The number of aromatic nitrogens is 3. The Morgan fingerprint density at radius 2 is 2.05 bits per heavy atom. The summed E-state index contributed by atoms with van der Waals surface area (Å²) in [5, 5.41) is 0.796. The van der Waals surface area contributed by atoms with E-state index in [0.29, 0.717) is 18.5 Å². The van der Waals surface area contributed by atoms with Gasteiger partial charge in [0, 0.05) is 17.6 Å². The van der Waals surface area contributed by atoms with Crippen LogP contribution in [0.15, 0.2) is 17.1 Å². The van der Waals surface area contributed by atoms with Gasteiger partial charge in [-0.15, -0.1) is 0 Å². The first-order valence-electron chi connectivity index (χ1n) is 8.04. The van der Waals surface area contributed by atoms with Gasteiger partial charge in [0.1, 0.15) is 0 Å². The highest BCUT2D eigenvalue weighted by Gasteiger charge is 2.13. The Balaban J connectivity index is 2.24. The molecule has 22 heavy (non-hydrogen) atoms. The number of aromatic amines is 1. The molecule has 2 aromatic heterocycles. The second-order valence-corrected chi connectivity index (χ2v) is 6.20. The molecular formula is C17H25N3O2. The van der Waals surface area contributed by atoms with Crippen molar-refractivity contribution in [1.82, 2.24) is 15.0 Å². The highest BCUT2D eigenvalue weighted by Crippen LogP contribution is 2.23. The zero-order valence-corrected chi connectivity index (χ0v) is 13.8. The van der Waals surface area contributed by atoms with Gasteiger partial charge < -0.3 is 9.72 Å². The zero-order chi connectivity index (χ0) is 16.1. The van der Waals surface area contributed by atoms with Crippen LogP contribution in [0.25, 0.3) is 10.9 Å². The number of hydrogen-bond acceptors (Lipinski definition) is 4. The molecule has 1 unspecified atom stereocenters. The maximum Gasteiger partial charge on any atom is 0.317 e. The Kier molecular flexibility index (Phi) is 5.52. The number of H-pyrrole nitrogens is 1. The van der Waals surface area contributed by atoms with E-state index < -0.39 is 0 Å². The maximum atomic E-state index is 11.5. The largest absolute Gasteiger partial charge is 0.463 e. The third kappa shape index (κ3) is 4.06. The van der Waals surface area contributed by atoms with E-state index in [-0.39, 0.29) is 11.5 Å². The monoisotopic (exact) mass is 303 g/mol. The molecule has 0 radical (unpaired) electrons. The van der Waals surface area contributed by atoms with Crippen molar-refractivity contribution in [1.29, 1.82) is 0 Å². The summed E-state index contributed by atoms with van der Waals surface area (Å²) in [6.07, 6.45) is 5.18. The van der Waals surface area contributed by atoms with Crippen molar-refractivity contribution in [3.8, 4) is 6.01 Å². The van der Waals surface area contributed by atoms with Crippen molar-refractivity contribution in [2.75, 3.05) is 6.61 Å². The van der Waals surface area contributed by atoms with E-state index in [1.807, 2.05) is 0 Å². The third-order valence-electron chi connectivity index (χ3n) is 3.70. The van der Waals surface area contributed by atoms with Gasteiger partial charge in [-0.2, -0.15) is 9.97 Å². The summed E-state index contributed by atoms with van der Waals surface area (Å²) in [7, 11) is 0. The summed E-state index contributed by atoms with van der Waals surface area (Å²) in [5.74, 6) is 0.685. The molecule has 2 aromatic rings. The number of hydrogen-bond donors (Lipinski definition) is 1. The summed E-state index contributed by atoms with van der Waals surface area (Å²) in [6, 6.07) is 1.95. The molecule has 0 aliphatic carbocycles. The summed E-state index contributed by atoms with van der Waals surface area (Å²) in [5.41, 5.74) is 1.43. The quantitative estimate of drug-likeness (QED) is 0.847. The second kappa shape index (κ2) is 7.38. The van der Waals surface area contributed by atoms with E-state index >= 15 is 0 Å². The number of rotatable bonds is 7. The lowest BCUT2D eigenvalue weighted by Gasteiger charge is -2.14. The average molecular weight is 303 g/mol. The van der Waals surface area contributed by atoms with Gasteiger partial charge in [0.15, 0.2) is 0 Å². The molecule has 1 atom stereocenters. The van der Waals surface area contributed by atoms with E-state index in [1.165, 1.54) is 12.8 Å². The van der Waals surface area contributed by atoms with Crippen molar-refractivity contribution in [2.45, 2.75) is 52.9 Å². The van der Waals surface area contributed by atoms with Crippen LogP contribution in [0.3, 0.4) is 0 Å². The third-order valence-corrected chi connectivity index (χ3v) is 3.70. The Morgan fingerprint density at radius 3 is 2.73 bits per heavy atom. The molecule has 0 saturated heterocycles. The number of fused-ring (bicyclic) bond motifs is 1. The van der Waals surface area contributed by atoms with E-state index in [0.717, 1.165) is 23.0 Å². The van der Waals surface area contributed by atoms with Crippen LogP contribution in [0.4, 0.5) is 0 Å². The lowest BCUT2D eigenvalue weighted by molar-refractivity contribution is 0.232. The van der Waals surface area contributed by atoms with Crippen molar-refractivity contribution in [3.63, 3.8) is 0 Å². The fraction of sp³-hybridized carbons (Fsp3) is 0.588. The predicted molar refractivity (Wildman–Crippen MR) is 88.4 cm³/mol. The highest BCUT2D eigenvalue weighted by atomic mass is 16.5. The van der Waals surface area contributed by atoms with Crippen LogP contribution in [0, 0.1) is 5.92 Å². The summed E-state index contributed by atoms with van der Waals surface area (Å²) >= 11 is 0. The van der Waals surface area contributed by atoms with Crippen LogP contribution in [0.2, 0.25) is 0 Å². The van der Waals surface area contributed by atoms with Crippen LogP contribution in [-0.4, -0.2) is 21.6 Å². The first-order valence-corrected chi connectivity index (χ1v) is 8.04. The number of ether oxygens (including phenoxy) is 1. The van der Waals surface area contributed by atoms with Gasteiger partial charge in [-0.3, -0.25) is 4.79 Å². The molecule has 0 fully saturated rings. The molecule has 0 aromatic carbocycles. The number of nitrogens with zero attached hydrogens (tertiary/aromatic N) is 2. The SMILES string of the molecule is CCCCC(C)COc1nc(C(C)C)c2cc(=O)[nH]cc2n1. The predicted octanol–water partition coefficient (Wildman–Crippen LogP) is 3.65. The normalized spacial score (nSPS) is 12.8. The minimum atomic E-state index is -0.139. The van der Waals surface area contributed by atoms with Crippen LogP contribution in [0.1, 0.15) is 58.6 Å². The molecular weight excluding hydrogens is 278 g/mol. The maximum absolute atomic E-state index is 11.5.